The number of carbonyl (C=O) groups is 1. The molecule has 1 aromatic rings. The van der Waals surface area contributed by atoms with Crippen molar-refractivity contribution in [3.8, 4) is 0 Å². The minimum absolute atomic E-state index is 0.0636. The van der Waals surface area contributed by atoms with Gasteiger partial charge in [0, 0.05) is 13.1 Å². The van der Waals surface area contributed by atoms with Crippen LogP contribution in [0.25, 0.3) is 0 Å². The maximum Gasteiger partial charge on any atom is 0.240 e. The second kappa shape index (κ2) is 4.03. The average molecular weight is 204 g/mol. The lowest BCUT2D eigenvalue weighted by molar-refractivity contribution is -0.132. The van der Waals surface area contributed by atoms with E-state index in [9.17, 15) is 4.79 Å². The van der Waals surface area contributed by atoms with Crippen molar-refractivity contribution in [1.82, 2.24) is 4.90 Å². The average Bonchev–Trinajstić information content (AvgIpc) is 2.37. The molecular formula is C12H16N2O. The lowest BCUT2D eigenvalue weighted by Gasteiger charge is -2.20. The zero-order valence-corrected chi connectivity index (χ0v) is 8.94. The van der Waals surface area contributed by atoms with Gasteiger partial charge in [-0.15, -0.1) is 0 Å². The minimum atomic E-state index is -0.381. The molecule has 2 N–H and O–H groups in total. The quantitative estimate of drug-likeness (QED) is 0.739. The molecular weight excluding hydrogens is 188 g/mol. The van der Waals surface area contributed by atoms with Gasteiger partial charge in [0.1, 0.15) is 0 Å². The van der Waals surface area contributed by atoms with Crippen LogP contribution in [0.4, 0.5) is 0 Å². The number of nitrogens with two attached hydrogens (primary N) is 1. The molecule has 0 aromatic heterocycles. The largest absolute Gasteiger partial charge is 0.337 e. The first-order valence-corrected chi connectivity index (χ1v) is 5.33. The molecule has 3 heteroatoms. The topological polar surface area (TPSA) is 46.3 Å². The first-order chi connectivity index (χ1) is 7.22. The zero-order chi connectivity index (χ0) is 10.8. The molecule has 0 spiro atoms. The van der Waals surface area contributed by atoms with E-state index in [0.717, 1.165) is 6.54 Å². The van der Waals surface area contributed by atoms with Gasteiger partial charge in [0.05, 0.1) is 6.04 Å². The first kappa shape index (κ1) is 10.2. The third-order valence-corrected chi connectivity index (χ3v) is 2.93. The van der Waals surface area contributed by atoms with E-state index in [0.29, 0.717) is 13.0 Å². The second-order valence-corrected chi connectivity index (χ2v) is 3.93. The summed E-state index contributed by atoms with van der Waals surface area (Å²) in [6.07, 6.45) is 0.658. The predicted molar refractivity (Wildman–Crippen MR) is 59.2 cm³/mol. The normalized spacial score (nSPS) is 21.1. The van der Waals surface area contributed by atoms with Gasteiger partial charge >= 0.3 is 0 Å². The predicted octanol–water partition coefficient (Wildman–Crippen LogP) is 0.918. The number of benzene rings is 1. The van der Waals surface area contributed by atoms with Crippen LogP contribution in [0.1, 0.15) is 18.1 Å². The molecule has 1 aromatic carbocycles. The van der Waals surface area contributed by atoms with Crippen molar-refractivity contribution in [1.29, 1.82) is 0 Å². The molecule has 1 amide bonds. The molecule has 80 valence electrons. The summed E-state index contributed by atoms with van der Waals surface area (Å²) in [6.45, 7) is 3.40. The number of hydrogen-bond acceptors (Lipinski definition) is 2. The first-order valence-electron chi connectivity index (χ1n) is 5.33. The molecule has 0 saturated carbocycles. The molecule has 0 saturated heterocycles. The number of amides is 1. The number of nitrogens with zero attached hydrogens (tertiary/aromatic N) is 1. The molecule has 0 fully saturated rings. The van der Waals surface area contributed by atoms with Gasteiger partial charge in [-0.05, 0) is 24.5 Å². The number of rotatable bonds is 1. The summed E-state index contributed by atoms with van der Waals surface area (Å²) >= 11 is 0. The fraction of sp³-hybridized carbons (Fsp3) is 0.417. The molecule has 15 heavy (non-hydrogen) atoms. The molecule has 0 aliphatic carbocycles. The van der Waals surface area contributed by atoms with Crippen LogP contribution in [0.3, 0.4) is 0 Å². The van der Waals surface area contributed by atoms with Crippen LogP contribution in [-0.4, -0.2) is 23.4 Å². The van der Waals surface area contributed by atoms with Crippen LogP contribution in [0.15, 0.2) is 24.3 Å². The molecule has 2 rings (SSSR count). The van der Waals surface area contributed by atoms with Gasteiger partial charge < -0.3 is 10.6 Å². The molecule has 0 bridgehead atoms. The summed E-state index contributed by atoms with van der Waals surface area (Å²) in [7, 11) is 0. The zero-order valence-electron chi connectivity index (χ0n) is 8.94. The van der Waals surface area contributed by atoms with Crippen molar-refractivity contribution in [2.45, 2.75) is 25.9 Å². The number of fused-ring (bicyclic) bond motifs is 1. The molecule has 3 nitrogen and oxygen atoms in total. The summed E-state index contributed by atoms with van der Waals surface area (Å²) in [5.41, 5.74) is 8.29. The SMILES string of the molecule is CCN1Cc2ccccc2C[C@H](N)C1=O. The standard InChI is InChI=1S/C12H16N2O/c1-2-14-8-10-6-4-3-5-9(10)7-11(13)12(14)15/h3-6,11H,2,7-8,13H2,1H3/t11-/m0/s1. The Balaban J connectivity index is 2.37. The Kier molecular flexibility index (Phi) is 2.73. The van der Waals surface area contributed by atoms with Crippen molar-refractivity contribution < 1.29 is 4.79 Å². The van der Waals surface area contributed by atoms with Crippen molar-refractivity contribution in [3.63, 3.8) is 0 Å². The van der Waals surface area contributed by atoms with Gasteiger partial charge in [0.2, 0.25) is 5.91 Å². The van der Waals surface area contributed by atoms with Gasteiger partial charge in [-0.1, -0.05) is 24.3 Å². The third kappa shape index (κ3) is 1.88. The Bertz CT molecular complexity index is 376. The Labute approximate surface area is 89.9 Å². The van der Waals surface area contributed by atoms with Gasteiger partial charge in [0.25, 0.3) is 0 Å². The fourth-order valence-electron chi connectivity index (χ4n) is 2.02. The van der Waals surface area contributed by atoms with Crippen molar-refractivity contribution in [2.75, 3.05) is 6.54 Å². The van der Waals surface area contributed by atoms with Gasteiger partial charge in [-0.3, -0.25) is 4.79 Å². The Morgan fingerprint density at radius 1 is 1.40 bits per heavy atom. The molecule has 0 unspecified atom stereocenters. The molecule has 1 aliphatic heterocycles. The summed E-state index contributed by atoms with van der Waals surface area (Å²) < 4.78 is 0. The van der Waals surface area contributed by atoms with Crippen molar-refractivity contribution >= 4 is 5.91 Å². The van der Waals surface area contributed by atoms with Crippen LogP contribution in [0.5, 0.6) is 0 Å². The lowest BCUT2D eigenvalue weighted by Crippen LogP contribution is -2.42. The van der Waals surface area contributed by atoms with Crippen LogP contribution in [0.2, 0.25) is 0 Å². The molecule has 1 heterocycles. The highest BCUT2D eigenvalue weighted by Gasteiger charge is 2.25. The summed E-state index contributed by atoms with van der Waals surface area (Å²) in [6, 6.07) is 7.75. The lowest BCUT2D eigenvalue weighted by atomic mass is 10.0. The van der Waals surface area contributed by atoms with Crippen molar-refractivity contribution in [3.05, 3.63) is 35.4 Å². The maximum absolute atomic E-state index is 11.8. The summed E-state index contributed by atoms with van der Waals surface area (Å²) in [5.74, 6) is 0.0636. The van der Waals surface area contributed by atoms with E-state index in [1.807, 2.05) is 24.0 Å². The number of likely N-dealkylation sites (N-methyl/N-ethyl adjacent to an activating group) is 1. The molecule has 1 atom stereocenters. The van der Waals surface area contributed by atoms with E-state index >= 15 is 0 Å². The highest BCUT2D eigenvalue weighted by atomic mass is 16.2. The summed E-state index contributed by atoms with van der Waals surface area (Å²) in [4.78, 5) is 13.7. The van der Waals surface area contributed by atoms with Crippen LogP contribution in [-0.2, 0) is 17.8 Å². The van der Waals surface area contributed by atoms with E-state index < -0.39 is 0 Å². The summed E-state index contributed by atoms with van der Waals surface area (Å²) in [5, 5.41) is 0. The monoisotopic (exact) mass is 204 g/mol. The van der Waals surface area contributed by atoms with E-state index in [1.54, 1.807) is 0 Å². The highest BCUT2D eigenvalue weighted by molar-refractivity contribution is 5.82. The van der Waals surface area contributed by atoms with E-state index in [1.165, 1.54) is 11.1 Å². The smallest absolute Gasteiger partial charge is 0.240 e. The second-order valence-electron chi connectivity index (χ2n) is 3.93. The Morgan fingerprint density at radius 3 is 2.73 bits per heavy atom. The van der Waals surface area contributed by atoms with E-state index in [-0.39, 0.29) is 11.9 Å². The third-order valence-electron chi connectivity index (χ3n) is 2.93. The minimum Gasteiger partial charge on any atom is -0.337 e. The fourth-order valence-corrected chi connectivity index (χ4v) is 2.02. The highest BCUT2D eigenvalue weighted by Crippen LogP contribution is 2.18. The van der Waals surface area contributed by atoms with Crippen LogP contribution in [0, 0.1) is 0 Å². The van der Waals surface area contributed by atoms with E-state index in [4.69, 9.17) is 5.73 Å². The number of carbonyl (C=O) groups excluding carboxylic acids is 1. The van der Waals surface area contributed by atoms with Crippen molar-refractivity contribution in [2.24, 2.45) is 5.73 Å². The van der Waals surface area contributed by atoms with Gasteiger partial charge in [-0.25, -0.2) is 0 Å². The number of hydrogen-bond donors (Lipinski definition) is 1. The molecule has 0 radical (unpaired) electrons. The molecule has 1 aliphatic rings. The Morgan fingerprint density at radius 2 is 2.07 bits per heavy atom. The van der Waals surface area contributed by atoms with Crippen LogP contribution < -0.4 is 5.73 Å². The van der Waals surface area contributed by atoms with Gasteiger partial charge in [-0.2, -0.15) is 0 Å². The maximum atomic E-state index is 11.8. The van der Waals surface area contributed by atoms with E-state index in [2.05, 4.69) is 12.1 Å². The van der Waals surface area contributed by atoms with Crippen LogP contribution >= 0.6 is 0 Å². The Hall–Kier alpha value is -1.35. The van der Waals surface area contributed by atoms with Gasteiger partial charge in [0.15, 0.2) is 0 Å².